The smallest absolute Gasteiger partial charge is 0.240 e. The third-order valence-electron chi connectivity index (χ3n) is 4.24. The molecular weight excluding hydrogens is 392 g/mol. The van der Waals surface area contributed by atoms with Crippen LogP contribution in [0.1, 0.15) is 18.9 Å². The van der Waals surface area contributed by atoms with Crippen LogP contribution in [-0.2, 0) is 21.2 Å². The number of nitrogens with zero attached hydrogens (tertiary/aromatic N) is 1. The van der Waals surface area contributed by atoms with Gasteiger partial charge in [-0.2, -0.15) is 0 Å². The number of hydrogen-bond donors (Lipinski definition) is 1. The normalized spacial score (nSPS) is 11.0. The Morgan fingerprint density at radius 1 is 1.14 bits per heavy atom. The number of anilines is 1. The molecule has 7 nitrogen and oxygen atoms in total. The van der Waals surface area contributed by atoms with E-state index in [4.69, 9.17) is 9.47 Å². The van der Waals surface area contributed by atoms with Gasteiger partial charge in [-0.15, -0.1) is 0 Å². The van der Waals surface area contributed by atoms with Gasteiger partial charge in [-0.25, -0.2) is 8.42 Å². The van der Waals surface area contributed by atoms with Gasteiger partial charge in [-0.3, -0.25) is 9.10 Å². The molecule has 0 spiro atoms. The first-order valence-corrected chi connectivity index (χ1v) is 11.3. The van der Waals surface area contributed by atoms with Crippen molar-refractivity contribution < 1.29 is 22.7 Å². The van der Waals surface area contributed by atoms with Gasteiger partial charge in [0.25, 0.3) is 0 Å². The molecule has 0 aliphatic heterocycles. The lowest BCUT2D eigenvalue weighted by Gasteiger charge is -2.22. The summed E-state index contributed by atoms with van der Waals surface area (Å²) < 4.78 is 36.2. The second kappa shape index (κ2) is 10.7. The molecule has 29 heavy (non-hydrogen) atoms. The zero-order valence-electron chi connectivity index (χ0n) is 17.1. The van der Waals surface area contributed by atoms with Crippen molar-refractivity contribution in [1.29, 1.82) is 0 Å². The number of hydrogen-bond acceptors (Lipinski definition) is 5. The first-order chi connectivity index (χ1) is 13.8. The maximum atomic E-state index is 12.3. The molecule has 8 heteroatoms. The van der Waals surface area contributed by atoms with Crippen LogP contribution in [0.4, 0.5) is 5.69 Å². The summed E-state index contributed by atoms with van der Waals surface area (Å²) in [5.74, 6) is 1.00. The molecule has 0 atom stereocenters. The van der Waals surface area contributed by atoms with Crippen LogP contribution in [0, 0.1) is 0 Å². The molecule has 0 saturated heterocycles. The fourth-order valence-corrected chi connectivity index (χ4v) is 3.75. The Labute approximate surface area is 172 Å². The van der Waals surface area contributed by atoms with Gasteiger partial charge in [-0.05, 0) is 43.5 Å². The average Bonchev–Trinajstić information content (AvgIpc) is 2.69. The lowest BCUT2D eigenvalue weighted by molar-refractivity contribution is -0.119. The van der Waals surface area contributed by atoms with Gasteiger partial charge in [0, 0.05) is 12.6 Å². The SMILES string of the molecule is CCOc1cccc(N(CC(=O)NCCCc2ccccc2OC)S(C)(=O)=O)c1. The Hall–Kier alpha value is -2.74. The van der Waals surface area contributed by atoms with Gasteiger partial charge in [0.05, 0.1) is 25.7 Å². The number of carbonyl (C=O) groups is 1. The summed E-state index contributed by atoms with van der Waals surface area (Å²) in [6.07, 6.45) is 2.54. The molecule has 0 heterocycles. The molecule has 2 rings (SSSR count). The van der Waals surface area contributed by atoms with E-state index in [1.807, 2.05) is 31.2 Å². The number of ether oxygens (including phenoxy) is 2. The predicted octanol–water partition coefficient (Wildman–Crippen LogP) is 2.61. The number of para-hydroxylation sites is 1. The monoisotopic (exact) mass is 420 g/mol. The van der Waals surface area contributed by atoms with Crippen molar-refractivity contribution in [1.82, 2.24) is 5.32 Å². The standard InChI is InChI=1S/C21H28N2O5S/c1-4-28-19-12-7-11-18(15-19)23(29(3,25)26)16-21(24)22-14-8-10-17-9-5-6-13-20(17)27-2/h5-7,9,11-13,15H,4,8,10,14,16H2,1-3H3,(H,22,24). The largest absolute Gasteiger partial charge is 0.496 e. The minimum Gasteiger partial charge on any atom is -0.496 e. The highest BCUT2D eigenvalue weighted by Crippen LogP contribution is 2.23. The number of rotatable bonds is 11. The number of benzene rings is 2. The van der Waals surface area contributed by atoms with Gasteiger partial charge in [-0.1, -0.05) is 24.3 Å². The van der Waals surface area contributed by atoms with Gasteiger partial charge < -0.3 is 14.8 Å². The zero-order valence-corrected chi connectivity index (χ0v) is 17.9. The van der Waals surface area contributed by atoms with E-state index < -0.39 is 10.0 Å². The van der Waals surface area contributed by atoms with Crippen LogP contribution >= 0.6 is 0 Å². The van der Waals surface area contributed by atoms with E-state index in [9.17, 15) is 13.2 Å². The summed E-state index contributed by atoms with van der Waals surface area (Å²) in [5, 5.41) is 2.79. The maximum absolute atomic E-state index is 12.3. The predicted molar refractivity (Wildman–Crippen MR) is 114 cm³/mol. The van der Waals surface area contributed by atoms with E-state index in [2.05, 4.69) is 5.32 Å². The van der Waals surface area contributed by atoms with Gasteiger partial charge in [0.15, 0.2) is 0 Å². The van der Waals surface area contributed by atoms with E-state index in [1.54, 1.807) is 31.4 Å². The summed E-state index contributed by atoms with van der Waals surface area (Å²) in [6, 6.07) is 14.4. The Balaban J connectivity index is 1.94. The van der Waals surface area contributed by atoms with Crippen LogP contribution in [-0.4, -0.2) is 47.4 Å². The highest BCUT2D eigenvalue weighted by atomic mass is 32.2. The van der Waals surface area contributed by atoms with Crippen molar-refractivity contribution >= 4 is 21.6 Å². The Morgan fingerprint density at radius 2 is 1.90 bits per heavy atom. The third kappa shape index (κ3) is 6.98. The number of carbonyl (C=O) groups excluding carboxylic acids is 1. The highest BCUT2D eigenvalue weighted by molar-refractivity contribution is 7.92. The third-order valence-corrected chi connectivity index (χ3v) is 5.38. The minimum atomic E-state index is -3.63. The molecule has 0 fully saturated rings. The Bertz CT molecular complexity index is 915. The molecule has 0 bridgehead atoms. The Kier molecular flexibility index (Phi) is 8.33. The van der Waals surface area contributed by atoms with Crippen LogP contribution in [0.3, 0.4) is 0 Å². The molecule has 0 unspecified atom stereocenters. The lowest BCUT2D eigenvalue weighted by atomic mass is 10.1. The van der Waals surface area contributed by atoms with E-state index >= 15 is 0 Å². The fourth-order valence-electron chi connectivity index (χ4n) is 2.90. The van der Waals surface area contributed by atoms with E-state index in [0.29, 0.717) is 31.0 Å². The van der Waals surface area contributed by atoms with Crippen molar-refractivity contribution in [3.63, 3.8) is 0 Å². The lowest BCUT2D eigenvalue weighted by Crippen LogP contribution is -2.40. The summed E-state index contributed by atoms with van der Waals surface area (Å²) >= 11 is 0. The summed E-state index contributed by atoms with van der Waals surface area (Å²) in [6.45, 7) is 2.46. The molecule has 0 aliphatic rings. The van der Waals surface area contributed by atoms with Crippen LogP contribution < -0.4 is 19.1 Å². The molecule has 0 radical (unpaired) electrons. The average molecular weight is 421 g/mol. The Morgan fingerprint density at radius 3 is 2.59 bits per heavy atom. The molecule has 2 aromatic carbocycles. The molecule has 0 aromatic heterocycles. The zero-order chi connectivity index (χ0) is 21.3. The summed E-state index contributed by atoms with van der Waals surface area (Å²) in [4.78, 5) is 12.3. The quantitative estimate of drug-likeness (QED) is 0.565. The number of methoxy groups -OCH3 is 1. The van der Waals surface area contributed by atoms with Crippen LogP contribution in [0.5, 0.6) is 11.5 Å². The molecule has 2 aromatic rings. The molecule has 0 saturated carbocycles. The first kappa shape index (κ1) is 22.5. The maximum Gasteiger partial charge on any atom is 0.240 e. The van der Waals surface area contributed by atoms with Gasteiger partial charge in [0.2, 0.25) is 15.9 Å². The number of amides is 1. The highest BCUT2D eigenvalue weighted by Gasteiger charge is 2.21. The first-order valence-electron chi connectivity index (χ1n) is 9.44. The number of aryl methyl sites for hydroxylation is 1. The van der Waals surface area contributed by atoms with E-state index in [0.717, 1.165) is 28.3 Å². The summed E-state index contributed by atoms with van der Waals surface area (Å²) in [5.41, 5.74) is 1.46. The van der Waals surface area contributed by atoms with Crippen LogP contribution in [0.25, 0.3) is 0 Å². The molecule has 1 N–H and O–H groups in total. The van der Waals surface area contributed by atoms with Gasteiger partial charge in [0.1, 0.15) is 18.0 Å². The van der Waals surface area contributed by atoms with Crippen molar-refractivity contribution in [3.8, 4) is 11.5 Å². The molecule has 1 amide bonds. The summed E-state index contributed by atoms with van der Waals surface area (Å²) in [7, 11) is -2.00. The topological polar surface area (TPSA) is 84.9 Å². The van der Waals surface area contributed by atoms with Crippen LogP contribution in [0.15, 0.2) is 48.5 Å². The molecular formula is C21H28N2O5S. The van der Waals surface area contributed by atoms with Crippen LogP contribution in [0.2, 0.25) is 0 Å². The van der Waals surface area contributed by atoms with E-state index in [1.165, 1.54) is 0 Å². The second-order valence-corrected chi connectivity index (χ2v) is 8.37. The number of nitrogens with one attached hydrogen (secondary N) is 1. The van der Waals surface area contributed by atoms with Crippen molar-refractivity contribution in [3.05, 3.63) is 54.1 Å². The minimum absolute atomic E-state index is 0.289. The molecule has 0 aliphatic carbocycles. The number of sulfonamides is 1. The van der Waals surface area contributed by atoms with Crippen molar-refractivity contribution in [2.75, 3.05) is 37.4 Å². The second-order valence-electron chi connectivity index (χ2n) is 6.47. The molecule has 158 valence electrons. The van der Waals surface area contributed by atoms with Crippen molar-refractivity contribution in [2.24, 2.45) is 0 Å². The van der Waals surface area contributed by atoms with E-state index in [-0.39, 0.29) is 12.5 Å². The fraction of sp³-hybridized carbons (Fsp3) is 0.381. The van der Waals surface area contributed by atoms with Crippen molar-refractivity contribution in [2.45, 2.75) is 19.8 Å². The van der Waals surface area contributed by atoms with Gasteiger partial charge >= 0.3 is 0 Å².